The van der Waals surface area contributed by atoms with Crippen molar-refractivity contribution >= 4 is 34.7 Å². The first kappa shape index (κ1) is 65.6. The molecule has 6 saturated carbocycles. The summed E-state index contributed by atoms with van der Waals surface area (Å²) < 4.78 is 5.42. The van der Waals surface area contributed by atoms with Crippen LogP contribution in [0.3, 0.4) is 0 Å². The molecule has 15 nitrogen and oxygen atoms in total. The maximum absolute atomic E-state index is 12.0. The minimum absolute atomic E-state index is 0.0369. The molecule has 15 atom stereocenters. The van der Waals surface area contributed by atoms with Gasteiger partial charge in [0.1, 0.15) is 34.7 Å². The van der Waals surface area contributed by atoms with Crippen LogP contribution >= 0.6 is 0 Å². The van der Waals surface area contributed by atoms with E-state index in [0.717, 1.165) is 32.1 Å². The van der Waals surface area contributed by atoms with Gasteiger partial charge in [0.2, 0.25) is 0 Å². The number of carbonyl (C=O) groups excluding carboxylic acids is 6. The number of hydrogen-bond acceptors (Lipinski definition) is 12. The molecular weight excluding hydrogens is 991 g/mol. The monoisotopic (exact) mass is 1090 g/mol. The molecule has 79 heavy (non-hydrogen) atoms. The maximum atomic E-state index is 12.0. The highest BCUT2D eigenvalue weighted by Gasteiger charge is 2.55. The summed E-state index contributed by atoms with van der Waals surface area (Å²) in [4.78, 5) is 69.6. The zero-order chi connectivity index (χ0) is 59.5. The second kappa shape index (κ2) is 29.0. The zero-order valence-corrected chi connectivity index (χ0v) is 51.0. The molecule has 0 N–H and O–H groups in total. The lowest BCUT2D eigenvalue weighted by atomic mass is 10.0. The Morgan fingerprint density at radius 1 is 0.494 bits per heavy atom. The van der Waals surface area contributed by atoms with E-state index < -0.39 is 0 Å². The summed E-state index contributed by atoms with van der Waals surface area (Å²) in [6.07, 6.45) is 17.7. The van der Waals surface area contributed by atoms with Gasteiger partial charge in [-0.25, -0.2) is 0 Å². The van der Waals surface area contributed by atoms with Crippen molar-refractivity contribution in [2.24, 2.45) is 128 Å². The van der Waals surface area contributed by atoms with E-state index in [1.165, 1.54) is 16.7 Å². The van der Waals surface area contributed by atoms with Crippen LogP contribution in [0, 0.1) is 141 Å². The standard InChI is InChI=1S/C13H20N2O.C12H18N2O.C11H16N2O.C11H17NO.C9H13NO.C8H11NO/c1-5-10-11(9-6-14-15(4)7-9)12(10)13(16)8(2)3;1-7(2)12(15)11-8(3)10(11)9-5-13-14(4)6-9;1-7(2)11(14)10-4-9(10)8-5-12-13(3)6-8;1-4-8-9(5-6-12)10(8)11(13)7(2)3;1-6(2)9(11)8-5-7(8)3-4-10;1-5(2)8(10)7-3-6(7)4-9/h6-8,10-12H,5H2,1-4H3;5-8,10-11H,1-4H3;5-7,9-10H,4H2,1-3H3;7-10H,4-5H2,1-3H3;6-8H,3,5H2,1-2H3;5-7H,3H2,1-2H3. The number of hydrogen-bond donors (Lipinski definition) is 0. The number of nitriles is 3. The molecule has 15 heteroatoms. The van der Waals surface area contributed by atoms with Crippen LogP contribution < -0.4 is 0 Å². The lowest BCUT2D eigenvalue weighted by Gasteiger charge is -2.01. The minimum atomic E-state index is 0.0369. The average molecular weight is 1090 g/mol. The highest BCUT2D eigenvalue weighted by molar-refractivity contribution is 5.89. The van der Waals surface area contributed by atoms with Gasteiger partial charge in [-0.15, -0.1) is 0 Å². The van der Waals surface area contributed by atoms with Gasteiger partial charge in [0.05, 0.1) is 42.7 Å². The van der Waals surface area contributed by atoms with Crippen molar-refractivity contribution in [2.45, 2.75) is 167 Å². The van der Waals surface area contributed by atoms with Gasteiger partial charge in [0.15, 0.2) is 0 Å². The SMILES string of the molecule is CC(C)C(=O)C1C(C)C1c1cnn(C)c1.CC(C)C(=O)C1CC1C#N.CC(C)C(=O)C1CC1CC#N.CC(C)C(=O)C1CC1c1cnn(C)c1.CCC1C(C(=O)C(C)C)C1c1cnn(C)c1.CCC1C(CC#N)C1C(=O)C(C)C. The van der Waals surface area contributed by atoms with Crippen LogP contribution in [0.4, 0.5) is 0 Å². The van der Waals surface area contributed by atoms with Gasteiger partial charge in [-0.3, -0.25) is 42.8 Å². The summed E-state index contributed by atoms with van der Waals surface area (Å²) in [6, 6.07) is 6.37. The van der Waals surface area contributed by atoms with Gasteiger partial charge in [-0.1, -0.05) is 117 Å². The predicted molar refractivity (Wildman–Crippen MR) is 305 cm³/mol. The first-order valence-corrected chi connectivity index (χ1v) is 29.4. The van der Waals surface area contributed by atoms with Crippen molar-refractivity contribution in [3.05, 3.63) is 53.9 Å². The molecule has 0 radical (unpaired) electrons. The van der Waals surface area contributed by atoms with Gasteiger partial charge >= 0.3 is 0 Å². The smallest absolute Gasteiger partial charge is 0.139 e. The largest absolute Gasteiger partial charge is 0.299 e. The molecular formula is C64H95N9O6. The molecule has 9 rings (SSSR count). The van der Waals surface area contributed by atoms with Crippen LogP contribution in [0.2, 0.25) is 0 Å². The fourth-order valence-corrected chi connectivity index (χ4v) is 11.7. The Morgan fingerprint density at radius 2 is 0.899 bits per heavy atom. The van der Waals surface area contributed by atoms with E-state index in [1.54, 1.807) is 9.36 Å². The third kappa shape index (κ3) is 17.8. The van der Waals surface area contributed by atoms with E-state index in [9.17, 15) is 28.8 Å². The molecule has 0 aliphatic heterocycles. The number of nitrogens with zero attached hydrogens (tertiary/aromatic N) is 9. The van der Waals surface area contributed by atoms with Crippen molar-refractivity contribution in [1.29, 1.82) is 15.8 Å². The molecule has 6 fully saturated rings. The summed E-state index contributed by atoms with van der Waals surface area (Å²) in [7, 11) is 5.74. The Morgan fingerprint density at radius 3 is 1.29 bits per heavy atom. The Hall–Kier alpha value is -5.88. The van der Waals surface area contributed by atoms with Crippen LogP contribution in [0.1, 0.15) is 183 Å². The highest BCUT2D eigenvalue weighted by Crippen LogP contribution is 2.57. The minimum Gasteiger partial charge on any atom is -0.299 e. The molecule has 0 aromatic carbocycles. The van der Waals surface area contributed by atoms with Crippen molar-refractivity contribution in [2.75, 3.05) is 0 Å². The summed E-state index contributed by atoms with van der Waals surface area (Å²) in [5.41, 5.74) is 3.66. The normalized spacial score (nSPS) is 28.7. The average Bonchev–Trinajstić information content (AvgIpc) is 4.14. The van der Waals surface area contributed by atoms with E-state index in [0.29, 0.717) is 89.1 Å². The van der Waals surface area contributed by atoms with Crippen molar-refractivity contribution < 1.29 is 28.8 Å². The Kier molecular flexibility index (Phi) is 24.1. The first-order valence-electron chi connectivity index (χ1n) is 29.4. The van der Waals surface area contributed by atoms with Crippen molar-refractivity contribution in [3.8, 4) is 18.2 Å². The van der Waals surface area contributed by atoms with Gasteiger partial charge in [-0.2, -0.15) is 31.1 Å². The number of rotatable bonds is 19. The topological polar surface area (TPSA) is 227 Å². The summed E-state index contributed by atoms with van der Waals surface area (Å²) in [6.45, 7) is 29.8. The molecule has 3 heterocycles. The van der Waals surface area contributed by atoms with Gasteiger partial charge in [0.25, 0.3) is 0 Å². The number of carbonyl (C=O) groups is 6. The number of Topliss-reactive ketones (excluding diaryl/α,β-unsaturated/α-hetero) is 6. The van der Waals surface area contributed by atoms with Crippen LogP contribution in [-0.4, -0.2) is 64.0 Å². The Balaban J connectivity index is 0.000000206. The second-order valence-corrected chi connectivity index (χ2v) is 25.3. The lowest BCUT2D eigenvalue weighted by molar-refractivity contribution is -0.124. The number of ketones is 6. The van der Waals surface area contributed by atoms with Crippen LogP contribution in [0.5, 0.6) is 0 Å². The van der Waals surface area contributed by atoms with E-state index in [2.05, 4.69) is 54.3 Å². The zero-order valence-electron chi connectivity index (χ0n) is 51.0. The molecule has 0 saturated heterocycles. The quantitative estimate of drug-likeness (QED) is 0.109. The molecule has 15 unspecified atom stereocenters. The molecule has 3 aromatic rings. The van der Waals surface area contributed by atoms with E-state index in [-0.39, 0.29) is 82.7 Å². The van der Waals surface area contributed by atoms with Crippen LogP contribution in [0.25, 0.3) is 0 Å². The number of aromatic nitrogens is 6. The first-order chi connectivity index (χ1) is 37.1. The molecule has 0 amide bonds. The van der Waals surface area contributed by atoms with Crippen LogP contribution in [0.15, 0.2) is 37.2 Å². The van der Waals surface area contributed by atoms with E-state index >= 15 is 0 Å². The highest BCUT2D eigenvalue weighted by atomic mass is 16.1. The number of aryl methyl sites for hydroxylation is 3. The summed E-state index contributed by atoms with van der Waals surface area (Å²) in [5.74, 6) is 7.83. The molecule has 432 valence electrons. The van der Waals surface area contributed by atoms with Gasteiger partial charge in [-0.05, 0) is 71.5 Å². The molecule has 6 aliphatic rings. The summed E-state index contributed by atoms with van der Waals surface area (Å²) >= 11 is 0. The molecule has 0 bridgehead atoms. The molecule has 6 aliphatic carbocycles. The Bertz CT molecular complexity index is 2690. The maximum Gasteiger partial charge on any atom is 0.139 e. The van der Waals surface area contributed by atoms with Gasteiger partial charge in [0, 0.05) is 135 Å². The fourth-order valence-electron chi connectivity index (χ4n) is 11.7. The van der Waals surface area contributed by atoms with Crippen molar-refractivity contribution in [3.63, 3.8) is 0 Å². The lowest BCUT2D eigenvalue weighted by Crippen LogP contribution is -2.11. The predicted octanol–water partition coefficient (Wildman–Crippen LogP) is 11.7. The van der Waals surface area contributed by atoms with Crippen molar-refractivity contribution in [1.82, 2.24) is 29.3 Å². The van der Waals surface area contributed by atoms with Gasteiger partial charge < -0.3 is 0 Å². The van der Waals surface area contributed by atoms with E-state index in [4.69, 9.17) is 15.8 Å². The summed E-state index contributed by atoms with van der Waals surface area (Å²) in [5, 5.41) is 37.8. The third-order valence-corrected chi connectivity index (χ3v) is 17.0. The Labute approximate surface area is 473 Å². The van der Waals surface area contributed by atoms with E-state index in [1.807, 2.05) is 146 Å². The fraction of sp³-hybridized carbons (Fsp3) is 0.719. The van der Waals surface area contributed by atoms with Crippen LogP contribution in [-0.2, 0) is 49.9 Å². The molecule has 3 aromatic heterocycles. The molecule has 0 spiro atoms. The third-order valence-electron chi connectivity index (χ3n) is 17.0. The second-order valence-electron chi connectivity index (χ2n) is 25.3.